The lowest BCUT2D eigenvalue weighted by Crippen LogP contribution is -3.11. The van der Waals surface area contributed by atoms with E-state index in [-0.39, 0.29) is 41.0 Å². The number of carbonyl (C=O) groups excluding carboxylic acids is 1. The molecule has 4 rings (SSSR count). The SMILES string of the molecule is CCCCCCCCCCCC[NH+](CCCCCCCCCCCC)OC(=[O+])CC[C@@H](C)[C@H]1CC[C@H]2[C@@H]3[C@H](O)C[C@@H]4C[C@H](O)CC[C@]4(C)[C@H]3C[C@H](O)[C@]12C. The molecule has 0 heterocycles. The van der Waals surface area contributed by atoms with E-state index in [4.69, 9.17) is 4.84 Å². The number of carbonyl (C=O) groups is 1. The van der Waals surface area contributed by atoms with E-state index in [1.807, 2.05) is 0 Å². The van der Waals surface area contributed by atoms with Gasteiger partial charge in [0.15, 0.2) is 0 Å². The van der Waals surface area contributed by atoms with Crippen LogP contribution in [0.2, 0.25) is 0 Å². The Morgan fingerprint density at radius 2 is 1.20 bits per heavy atom. The van der Waals surface area contributed by atoms with Crippen molar-refractivity contribution in [3.05, 3.63) is 0 Å². The van der Waals surface area contributed by atoms with Gasteiger partial charge >= 0.3 is 5.97 Å². The van der Waals surface area contributed by atoms with E-state index < -0.39 is 0 Å². The van der Waals surface area contributed by atoms with Gasteiger partial charge in [0.25, 0.3) is 0 Å². The van der Waals surface area contributed by atoms with Gasteiger partial charge in [-0.25, -0.2) is 0 Å². The van der Waals surface area contributed by atoms with Crippen LogP contribution >= 0.6 is 0 Å². The maximum Gasteiger partial charge on any atom is 0.638 e. The second-order valence-electron chi connectivity index (χ2n) is 19.9. The molecule has 6 heteroatoms. The molecule has 315 valence electrons. The summed E-state index contributed by atoms with van der Waals surface area (Å²) in [4.78, 5) is 19.7. The predicted molar refractivity (Wildman–Crippen MR) is 223 cm³/mol. The number of fused-ring (bicyclic) bond motifs is 5. The lowest BCUT2D eigenvalue weighted by molar-refractivity contribution is -1.07. The third-order valence-electron chi connectivity index (χ3n) is 16.2. The summed E-state index contributed by atoms with van der Waals surface area (Å²) in [5, 5.41) is 35.1. The van der Waals surface area contributed by atoms with Gasteiger partial charge in [0.05, 0.1) is 23.1 Å². The number of nitrogens with one attached hydrogen (secondary N) is 1. The first kappa shape index (κ1) is 46.0. The average Bonchev–Trinajstić information content (AvgIpc) is 3.51. The second-order valence-corrected chi connectivity index (χ2v) is 19.9. The summed E-state index contributed by atoms with van der Waals surface area (Å²) >= 11 is 0. The summed E-state index contributed by atoms with van der Waals surface area (Å²) < 4.78 is 0. The maximum absolute atomic E-state index is 13.4. The Morgan fingerprint density at radius 1 is 0.685 bits per heavy atom. The van der Waals surface area contributed by atoms with Crippen LogP contribution in [0.3, 0.4) is 0 Å². The molecule has 6 nitrogen and oxygen atoms in total. The maximum atomic E-state index is 13.4. The van der Waals surface area contributed by atoms with E-state index in [1.54, 1.807) is 0 Å². The predicted octanol–water partition coefficient (Wildman–Crippen LogP) is 10.5. The van der Waals surface area contributed by atoms with Crippen LogP contribution in [0.1, 0.15) is 221 Å². The number of hydrogen-bond donors (Lipinski definition) is 4. The van der Waals surface area contributed by atoms with E-state index in [9.17, 15) is 20.1 Å². The summed E-state index contributed by atoms with van der Waals surface area (Å²) in [5.74, 6) is 1.81. The van der Waals surface area contributed by atoms with Gasteiger partial charge in [-0.1, -0.05) is 147 Å². The molecule has 4 N–H and O–H groups in total. The summed E-state index contributed by atoms with van der Waals surface area (Å²) in [7, 11) is 0. The van der Waals surface area contributed by atoms with Gasteiger partial charge < -0.3 is 15.3 Å². The van der Waals surface area contributed by atoms with Crippen LogP contribution in [0, 0.1) is 46.3 Å². The minimum Gasteiger partial charge on any atom is -0.393 e. The monoisotopic (exact) mass is 761 g/mol. The van der Waals surface area contributed by atoms with Gasteiger partial charge in [-0.05, 0) is 111 Å². The van der Waals surface area contributed by atoms with Crippen molar-refractivity contribution >= 4 is 5.97 Å². The topological polar surface area (TPSA) is 94.3 Å². The first-order chi connectivity index (χ1) is 26.1. The van der Waals surface area contributed by atoms with Crippen LogP contribution in [-0.4, -0.2) is 52.7 Å². The molecule has 0 spiro atoms. The lowest BCUT2D eigenvalue weighted by Gasteiger charge is -2.63. The van der Waals surface area contributed by atoms with Crippen molar-refractivity contribution < 1.29 is 30.0 Å². The number of rotatable bonds is 27. The molecule has 0 aromatic heterocycles. The Morgan fingerprint density at radius 3 is 1.74 bits per heavy atom. The molecule has 4 saturated carbocycles. The zero-order chi connectivity index (χ0) is 39.0. The van der Waals surface area contributed by atoms with Crippen molar-refractivity contribution in [3.8, 4) is 0 Å². The molecule has 0 aromatic rings. The van der Waals surface area contributed by atoms with Crippen LogP contribution < -0.4 is 5.06 Å². The average molecular weight is 761 g/mol. The molecule has 4 aliphatic carbocycles. The number of quaternary nitrogens is 1. The fraction of sp³-hybridized carbons (Fsp3) is 0.979. The summed E-state index contributed by atoms with van der Waals surface area (Å²) in [6, 6.07) is 0. The van der Waals surface area contributed by atoms with Gasteiger partial charge in [-0.15, -0.1) is 0 Å². The Bertz CT molecular complexity index is 1010. The van der Waals surface area contributed by atoms with Crippen molar-refractivity contribution in [3.63, 3.8) is 0 Å². The fourth-order valence-corrected chi connectivity index (χ4v) is 12.7. The van der Waals surface area contributed by atoms with Crippen molar-refractivity contribution in [2.45, 2.75) is 239 Å². The molecule has 0 saturated heterocycles. The molecule has 0 aromatic carbocycles. The Labute approximate surface area is 333 Å². The van der Waals surface area contributed by atoms with Gasteiger partial charge in [-0.3, -0.25) is 0 Å². The van der Waals surface area contributed by atoms with E-state index in [0.717, 1.165) is 82.4 Å². The summed E-state index contributed by atoms with van der Waals surface area (Å²) in [6.45, 7) is 13.4. The first-order valence-electron chi connectivity index (χ1n) is 24.2. The van der Waals surface area contributed by atoms with Crippen LogP contribution in [0.5, 0.6) is 0 Å². The Kier molecular flexibility index (Phi) is 20.1. The van der Waals surface area contributed by atoms with Crippen molar-refractivity contribution in [2.75, 3.05) is 13.1 Å². The van der Waals surface area contributed by atoms with Crippen LogP contribution in [-0.2, 0) is 9.63 Å². The lowest BCUT2D eigenvalue weighted by atomic mass is 9.43. The molecule has 4 fully saturated rings. The zero-order valence-corrected chi connectivity index (χ0v) is 36.3. The largest absolute Gasteiger partial charge is 0.638 e. The fourth-order valence-electron chi connectivity index (χ4n) is 12.7. The number of unbranched alkanes of at least 4 members (excludes halogenated alkanes) is 18. The number of aliphatic hydroxyl groups excluding tert-OH is 3. The molecular formula is C48H90NO5+2. The number of hydrogen-bond acceptors (Lipinski definition) is 5. The highest BCUT2D eigenvalue weighted by molar-refractivity contribution is 5.68. The third-order valence-corrected chi connectivity index (χ3v) is 16.2. The molecule has 0 bridgehead atoms. The Hall–Kier alpha value is -0.690. The van der Waals surface area contributed by atoms with E-state index in [2.05, 4.69) is 34.6 Å². The van der Waals surface area contributed by atoms with Gasteiger partial charge in [0.1, 0.15) is 19.5 Å². The van der Waals surface area contributed by atoms with Crippen LogP contribution in [0.25, 0.3) is 0 Å². The smallest absolute Gasteiger partial charge is 0.393 e. The van der Waals surface area contributed by atoms with Crippen LogP contribution in [0.15, 0.2) is 0 Å². The highest BCUT2D eigenvalue weighted by atomic mass is 16.7. The van der Waals surface area contributed by atoms with Crippen LogP contribution in [0.4, 0.5) is 0 Å². The molecule has 11 atom stereocenters. The highest BCUT2D eigenvalue weighted by Gasteiger charge is 2.65. The van der Waals surface area contributed by atoms with Gasteiger partial charge in [-0.2, -0.15) is 0 Å². The summed E-state index contributed by atoms with van der Waals surface area (Å²) in [6.07, 6.45) is 32.9. The molecule has 1 radical (unpaired) electrons. The van der Waals surface area contributed by atoms with Gasteiger partial charge in [0, 0.05) is 12.8 Å². The molecule has 0 unspecified atom stereocenters. The Balaban J connectivity index is 1.24. The molecule has 54 heavy (non-hydrogen) atoms. The minimum atomic E-state index is -0.387. The minimum absolute atomic E-state index is 0.0545. The quantitative estimate of drug-likeness (QED) is 0.0380. The third kappa shape index (κ3) is 12.7. The zero-order valence-electron chi connectivity index (χ0n) is 36.3. The molecule has 0 aliphatic heterocycles. The van der Waals surface area contributed by atoms with E-state index in [1.165, 1.54) is 116 Å². The standard InChI is InChI=1S/C48H89NO5/c1-6-8-10-12-14-16-18-20-22-24-32-49(33-25-23-21-19-17-15-13-11-9-7-2)54-45(53)29-26-37(3)40-27-28-41-46-42(36-44(52)48(40,41)5)47(4)31-30-39(50)34-38(47)35-43(46)51/h37-44,46,50-52H,6-36H2,1-5H3/q+1/p+1/t37-,38+,39-,40-,41+,42+,43-,44+,46+,47+,48-/m1/s1. The molecular weight excluding hydrogens is 671 g/mol. The normalized spacial score (nSPS) is 34.0. The summed E-state index contributed by atoms with van der Waals surface area (Å²) in [5.41, 5.74) is -0.139. The van der Waals surface area contributed by atoms with Crippen molar-refractivity contribution in [2.24, 2.45) is 46.3 Å². The second kappa shape index (κ2) is 23.6. The molecule has 4 aliphatic rings. The number of hydroxylamine groups is 2. The van der Waals surface area contributed by atoms with E-state index >= 15 is 0 Å². The highest BCUT2D eigenvalue weighted by Crippen LogP contribution is 2.68. The molecule has 0 amide bonds. The van der Waals surface area contributed by atoms with Crippen molar-refractivity contribution in [1.82, 2.24) is 0 Å². The number of aliphatic hydroxyl groups is 3. The van der Waals surface area contributed by atoms with Gasteiger partial charge in [0.2, 0.25) is 0 Å². The van der Waals surface area contributed by atoms with E-state index in [0.29, 0.717) is 36.0 Å². The first-order valence-corrected chi connectivity index (χ1v) is 24.2. The van der Waals surface area contributed by atoms with Crippen molar-refractivity contribution in [1.29, 1.82) is 0 Å².